The largest absolute Gasteiger partial charge is 0.480 e. The fourth-order valence-corrected chi connectivity index (χ4v) is 3.33. The van der Waals surface area contributed by atoms with Crippen LogP contribution in [-0.2, 0) is 16.0 Å². The Kier molecular flexibility index (Phi) is 4.55. The summed E-state index contributed by atoms with van der Waals surface area (Å²) < 4.78 is 0. The standard InChI is InChI=1S/C13H18N2O3S/c1-2-14-11(16)4-7-15-6-3-10-9(5-8-19-10)12(15)13(17)18/h5,8,12H,2-4,6-7H2,1H3,(H,14,16)(H,17,18). The van der Waals surface area contributed by atoms with E-state index in [9.17, 15) is 14.7 Å². The van der Waals surface area contributed by atoms with Crippen molar-refractivity contribution in [2.75, 3.05) is 19.6 Å². The van der Waals surface area contributed by atoms with Crippen molar-refractivity contribution in [3.05, 3.63) is 21.9 Å². The molecule has 2 heterocycles. The molecule has 0 aromatic carbocycles. The van der Waals surface area contributed by atoms with Gasteiger partial charge in [0.1, 0.15) is 6.04 Å². The summed E-state index contributed by atoms with van der Waals surface area (Å²) in [6, 6.07) is 1.28. The van der Waals surface area contributed by atoms with Crippen LogP contribution in [0.25, 0.3) is 0 Å². The third-order valence-corrected chi connectivity index (χ3v) is 4.30. The van der Waals surface area contributed by atoms with E-state index < -0.39 is 12.0 Å². The Labute approximate surface area is 116 Å². The molecule has 2 N–H and O–H groups in total. The van der Waals surface area contributed by atoms with Gasteiger partial charge in [0.2, 0.25) is 5.91 Å². The lowest BCUT2D eigenvalue weighted by molar-refractivity contribution is -0.144. The van der Waals surface area contributed by atoms with Crippen LogP contribution in [0.4, 0.5) is 0 Å². The minimum Gasteiger partial charge on any atom is -0.480 e. The molecule has 1 aliphatic heterocycles. The molecule has 6 heteroatoms. The Hall–Kier alpha value is -1.40. The summed E-state index contributed by atoms with van der Waals surface area (Å²) in [6.07, 6.45) is 1.21. The van der Waals surface area contributed by atoms with Gasteiger partial charge in [0.25, 0.3) is 0 Å². The van der Waals surface area contributed by atoms with Crippen LogP contribution in [0, 0.1) is 0 Å². The number of carboxylic acid groups (broad SMARTS) is 1. The van der Waals surface area contributed by atoms with E-state index >= 15 is 0 Å². The number of carbonyl (C=O) groups excluding carboxylic acids is 1. The van der Waals surface area contributed by atoms with Gasteiger partial charge in [0, 0.05) is 30.9 Å². The number of nitrogens with one attached hydrogen (secondary N) is 1. The first-order valence-electron chi connectivity index (χ1n) is 6.43. The van der Waals surface area contributed by atoms with E-state index in [1.54, 1.807) is 11.3 Å². The maximum atomic E-state index is 11.5. The zero-order valence-electron chi connectivity index (χ0n) is 10.9. The van der Waals surface area contributed by atoms with Gasteiger partial charge in [0.15, 0.2) is 0 Å². The summed E-state index contributed by atoms with van der Waals surface area (Å²) in [6.45, 7) is 3.66. The van der Waals surface area contributed by atoms with Gasteiger partial charge in [0.05, 0.1) is 0 Å². The Bertz CT molecular complexity index is 472. The summed E-state index contributed by atoms with van der Waals surface area (Å²) in [5, 5.41) is 14.1. The topological polar surface area (TPSA) is 69.6 Å². The van der Waals surface area contributed by atoms with Crippen LogP contribution in [-0.4, -0.2) is 41.5 Å². The molecule has 5 nitrogen and oxygen atoms in total. The maximum absolute atomic E-state index is 11.5. The van der Waals surface area contributed by atoms with Crippen LogP contribution in [0.2, 0.25) is 0 Å². The predicted molar refractivity (Wildman–Crippen MR) is 73.3 cm³/mol. The zero-order valence-corrected chi connectivity index (χ0v) is 11.7. The fraction of sp³-hybridized carbons (Fsp3) is 0.538. The lowest BCUT2D eigenvalue weighted by atomic mass is 10.00. The fourth-order valence-electron chi connectivity index (χ4n) is 2.43. The number of thiophene rings is 1. The number of hydrogen-bond donors (Lipinski definition) is 2. The first-order valence-corrected chi connectivity index (χ1v) is 7.31. The van der Waals surface area contributed by atoms with Gasteiger partial charge in [-0.3, -0.25) is 14.5 Å². The Morgan fingerprint density at radius 2 is 2.37 bits per heavy atom. The Morgan fingerprint density at radius 1 is 1.58 bits per heavy atom. The third-order valence-electron chi connectivity index (χ3n) is 3.30. The normalized spacial score (nSPS) is 18.9. The van der Waals surface area contributed by atoms with E-state index in [0.29, 0.717) is 26.1 Å². The first kappa shape index (κ1) is 14.0. The quantitative estimate of drug-likeness (QED) is 0.853. The number of carbonyl (C=O) groups is 2. The number of carboxylic acids is 1. The Balaban J connectivity index is 2.05. The van der Waals surface area contributed by atoms with Crippen molar-refractivity contribution >= 4 is 23.2 Å². The van der Waals surface area contributed by atoms with Crippen molar-refractivity contribution in [1.29, 1.82) is 0 Å². The molecule has 0 aliphatic carbocycles. The van der Waals surface area contributed by atoms with Crippen LogP contribution in [0.3, 0.4) is 0 Å². The highest BCUT2D eigenvalue weighted by molar-refractivity contribution is 7.10. The van der Waals surface area contributed by atoms with Crippen molar-refractivity contribution in [2.24, 2.45) is 0 Å². The summed E-state index contributed by atoms with van der Waals surface area (Å²) in [4.78, 5) is 26.0. The van der Waals surface area contributed by atoms with E-state index in [-0.39, 0.29) is 5.91 Å². The van der Waals surface area contributed by atoms with Crippen LogP contribution in [0.5, 0.6) is 0 Å². The van der Waals surface area contributed by atoms with Crippen molar-refractivity contribution in [3.8, 4) is 0 Å². The van der Waals surface area contributed by atoms with Crippen molar-refractivity contribution in [3.63, 3.8) is 0 Å². The second-order valence-corrected chi connectivity index (χ2v) is 5.53. The van der Waals surface area contributed by atoms with Crippen LogP contribution < -0.4 is 5.32 Å². The third kappa shape index (κ3) is 3.13. The van der Waals surface area contributed by atoms with E-state index in [1.165, 1.54) is 0 Å². The number of hydrogen-bond acceptors (Lipinski definition) is 4. The molecule has 1 aromatic rings. The molecule has 0 bridgehead atoms. The van der Waals surface area contributed by atoms with Crippen LogP contribution in [0.1, 0.15) is 29.8 Å². The molecule has 1 aliphatic rings. The molecular weight excluding hydrogens is 264 g/mol. The molecule has 1 unspecified atom stereocenters. The van der Waals surface area contributed by atoms with Gasteiger partial charge in [-0.1, -0.05) is 0 Å². The lowest BCUT2D eigenvalue weighted by Gasteiger charge is -2.32. The second-order valence-electron chi connectivity index (χ2n) is 4.53. The SMILES string of the molecule is CCNC(=O)CCN1CCc2sccc2C1C(=O)O. The molecule has 0 saturated carbocycles. The number of rotatable bonds is 5. The molecule has 2 rings (SSSR count). The predicted octanol–water partition coefficient (Wildman–Crippen LogP) is 1.26. The molecule has 0 spiro atoms. The molecule has 104 valence electrons. The molecule has 1 aromatic heterocycles. The highest BCUT2D eigenvalue weighted by Gasteiger charge is 2.33. The second kappa shape index (κ2) is 6.16. The minimum absolute atomic E-state index is 0.0252. The zero-order chi connectivity index (χ0) is 13.8. The summed E-state index contributed by atoms with van der Waals surface area (Å²) >= 11 is 1.61. The average Bonchev–Trinajstić information content (AvgIpc) is 2.83. The Morgan fingerprint density at radius 3 is 3.05 bits per heavy atom. The number of aliphatic carboxylic acids is 1. The first-order chi connectivity index (χ1) is 9.13. The molecule has 19 heavy (non-hydrogen) atoms. The van der Waals surface area contributed by atoms with Crippen LogP contribution in [0.15, 0.2) is 11.4 Å². The highest BCUT2D eigenvalue weighted by atomic mass is 32.1. The van der Waals surface area contributed by atoms with Gasteiger partial charge in [-0.15, -0.1) is 11.3 Å². The molecule has 1 amide bonds. The molecule has 0 radical (unpaired) electrons. The monoisotopic (exact) mass is 282 g/mol. The number of amides is 1. The van der Waals surface area contributed by atoms with Gasteiger partial charge >= 0.3 is 5.97 Å². The van der Waals surface area contributed by atoms with Gasteiger partial charge in [-0.05, 0) is 30.4 Å². The van der Waals surface area contributed by atoms with Crippen LogP contribution >= 0.6 is 11.3 Å². The van der Waals surface area contributed by atoms with Crippen molar-refractivity contribution < 1.29 is 14.7 Å². The molecule has 0 fully saturated rings. The molecule has 1 atom stereocenters. The summed E-state index contributed by atoms with van der Waals surface area (Å²) in [7, 11) is 0. The molecule has 0 saturated heterocycles. The number of nitrogens with zero attached hydrogens (tertiary/aromatic N) is 1. The average molecular weight is 282 g/mol. The number of fused-ring (bicyclic) bond motifs is 1. The molecular formula is C13H18N2O3S. The van der Waals surface area contributed by atoms with Gasteiger partial charge in [-0.2, -0.15) is 0 Å². The van der Waals surface area contributed by atoms with E-state index in [4.69, 9.17) is 0 Å². The van der Waals surface area contributed by atoms with E-state index in [1.807, 2.05) is 23.3 Å². The van der Waals surface area contributed by atoms with Crippen molar-refractivity contribution in [1.82, 2.24) is 10.2 Å². The smallest absolute Gasteiger partial charge is 0.325 e. The van der Waals surface area contributed by atoms with E-state index in [0.717, 1.165) is 16.9 Å². The lowest BCUT2D eigenvalue weighted by Crippen LogP contribution is -2.41. The van der Waals surface area contributed by atoms with Gasteiger partial charge < -0.3 is 10.4 Å². The maximum Gasteiger partial charge on any atom is 0.325 e. The van der Waals surface area contributed by atoms with Crippen molar-refractivity contribution in [2.45, 2.75) is 25.8 Å². The summed E-state index contributed by atoms with van der Waals surface area (Å²) in [5.41, 5.74) is 0.889. The highest BCUT2D eigenvalue weighted by Crippen LogP contribution is 2.33. The van der Waals surface area contributed by atoms with Gasteiger partial charge in [-0.25, -0.2) is 0 Å². The van der Waals surface area contributed by atoms with E-state index in [2.05, 4.69) is 5.32 Å². The summed E-state index contributed by atoms with van der Waals surface area (Å²) in [5.74, 6) is -0.863. The minimum atomic E-state index is -0.838.